The van der Waals surface area contributed by atoms with Crippen LogP contribution in [0.1, 0.15) is 10.4 Å². The molecule has 0 radical (unpaired) electrons. The van der Waals surface area contributed by atoms with Gasteiger partial charge in [-0.3, -0.25) is 28.1 Å². The maximum atomic E-state index is 13.3. The monoisotopic (exact) mass is 483 g/mol. The zero-order chi connectivity index (χ0) is 23.9. The number of hydrogen-bond donors (Lipinski definition) is 1. The van der Waals surface area contributed by atoms with Crippen LogP contribution in [0.5, 0.6) is 0 Å². The molecule has 0 saturated heterocycles. The Morgan fingerprint density at radius 1 is 1.03 bits per heavy atom. The van der Waals surface area contributed by atoms with Crippen molar-refractivity contribution >= 4 is 45.9 Å². The topological polar surface area (TPSA) is 122 Å². The maximum Gasteiger partial charge on any atom is 0.332 e. The summed E-state index contributed by atoms with van der Waals surface area (Å²) >= 11 is 7.06. The predicted octanol–water partition coefficient (Wildman–Crippen LogP) is 1.99. The predicted molar refractivity (Wildman–Crippen MR) is 129 cm³/mol. The van der Waals surface area contributed by atoms with Crippen molar-refractivity contribution in [3.8, 4) is 5.69 Å². The molecule has 168 valence electrons. The van der Waals surface area contributed by atoms with E-state index in [1.54, 1.807) is 42.5 Å². The molecule has 0 bridgehead atoms. The fourth-order valence-corrected chi connectivity index (χ4v) is 4.42. The number of Topliss-reactive ketones (excluding diaryl/α,β-unsaturated/α-hetero) is 1. The van der Waals surface area contributed by atoms with Gasteiger partial charge in [0.05, 0.1) is 22.3 Å². The molecule has 2 heterocycles. The first-order chi connectivity index (χ1) is 15.7. The summed E-state index contributed by atoms with van der Waals surface area (Å²) < 4.78 is 3.26. The summed E-state index contributed by atoms with van der Waals surface area (Å²) in [7, 11) is 2.65. The van der Waals surface area contributed by atoms with Gasteiger partial charge in [-0.15, -0.1) is 0 Å². The zero-order valence-electron chi connectivity index (χ0n) is 17.6. The minimum Gasteiger partial charge on any atom is -0.384 e. The lowest BCUT2D eigenvalue weighted by Crippen LogP contribution is -2.41. The number of nitrogens with zero attached hydrogens (tertiary/aromatic N) is 4. The number of nitrogen functional groups attached to an aromatic ring is 1. The number of anilines is 1. The number of carbonyl (C=O) groups excluding carboxylic acids is 1. The molecule has 4 aromatic rings. The third-order valence-corrected chi connectivity index (χ3v) is 6.31. The smallest absolute Gasteiger partial charge is 0.332 e. The van der Waals surface area contributed by atoms with Crippen LogP contribution in [0.2, 0.25) is 5.02 Å². The van der Waals surface area contributed by atoms with Crippen molar-refractivity contribution in [2.75, 3.05) is 11.5 Å². The highest BCUT2D eigenvalue weighted by atomic mass is 35.5. The zero-order valence-corrected chi connectivity index (χ0v) is 19.2. The van der Waals surface area contributed by atoms with E-state index in [2.05, 4.69) is 4.98 Å². The summed E-state index contributed by atoms with van der Waals surface area (Å²) in [6.07, 6.45) is 0. The normalized spacial score (nSPS) is 11.1. The van der Waals surface area contributed by atoms with Crippen LogP contribution in [0, 0.1) is 0 Å². The first-order valence-corrected chi connectivity index (χ1v) is 11.1. The van der Waals surface area contributed by atoms with Gasteiger partial charge in [0, 0.05) is 19.1 Å². The first kappa shape index (κ1) is 22.6. The van der Waals surface area contributed by atoms with Crippen LogP contribution >= 0.6 is 23.4 Å². The SMILES string of the molecule is Cn1c(N)c(C(=O)CSc2nc3cc(Cl)ccc3c(=O)n2-c2ccccc2)c(=O)n(C)c1=O. The van der Waals surface area contributed by atoms with Crippen LogP contribution in [0.15, 0.2) is 68.1 Å². The molecule has 0 atom stereocenters. The van der Waals surface area contributed by atoms with Gasteiger partial charge in [0.15, 0.2) is 10.9 Å². The van der Waals surface area contributed by atoms with E-state index in [0.717, 1.165) is 20.9 Å². The number of rotatable bonds is 5. The van der Waals surface area contributed by atoms with Crippen molar-refractivity contribution in [1.29, 1.82) is 0 Å². The van der Waals surface area contributed by atoms with Crippen LogP contribution < -0.4 is 22.5 Å². The standard InChI is InChI=1S/C22H18ClN5O4S/c1-26-18(24)17(20(31)27(2)22(26)32)16(29)11-33-21-25-15-10-12(23)8-9-14(15)19(30)28(21)13-6-4-3-5-7-13/h3-10H,11,24H2,1-2H3. The summed E-state index contributed by atoms with van der Waals surface area (Å²) in [5, 5.41) is 1.03. The Hall–Kier alpha value is -3.63. The number of para-hydroxylation sites is 1. The largest absolute Gasteiger partial charge is 0.384 e. The highest BCUT2D eigenvalue weighted by molar-refractivity contribution is 7.99. The number of thioether (sulfide) groups is 1. The van der Waals surface area contributed by atoms with Crippen LogP contribution in [0.25, 0.3) is 16.6 Å². The number of hydrogen-bond acceptors (Lipinski definition) is 7. The van der Waals surface area contributed by atoms with E-state index in [1.165, 1.54) is 18.7 Å². The summed E-state index contributed by atoms with van der Waals surface area (Å²) in [5.74, 6) is -1.04. The quantitative estimate of drug-likeness (QED) is 0.261. The Morgan fingerprint density at radius 3 is 2.42 bits per heavy atom. The fraction of sp³-hybridized carbons (Fsp3) is 0.136. The Kier molecular flexibility index (Phi) is 5.96. The Balaban J connectivity index is 1.81. The number of benzene rings is 2. The average Bonchev–Trinajstić information content (AvgIpc) is 2.80. The second kappa shape index (κ2) is 8.72. The Morgan fingerprint density at radius 2 is 1.73 bits per heavy atom. The van der Waals surface area contributed by atoms with Crippen LogP contribution in [0.4, 0.5) is 5.82 Å². The molecule has 0 amide bonds. The summed E-state index contributed by atoms with van der Waals surface area (Å²) in [5.41, 5.74) is 4.82. The average molecular weight is 484 g/mol. The lowest BCUT2D eigenvalue weighted by molar-refractivity contribution is 0.102. The molecule has 0 saturated carbocycles. The first-order valence-electron chi connectivity index (χ1n) is 9.70. The van der Waals surface area contributed by atoms with Gasteiger partial charge >= 0.3 is 5.69 Å². The Bertz CT molecular complexity index is 1590. The second-order valence-corrected chi connectivity index (χ2v) is 8.59. The molecule has 2 aromatic heterocycles. The van der Waals surface area contributed by atoms with Gasteiger partial charge < -0.3 is 5.73 Å². The molecule has 0 unspecified atom stereocenters. The minimum absolute atomic E-state index is 0.215. The molecule has 11 heteroatoms. The van der Waals surface area contributed by atoms with E-state index in [9.17, 15) is 19.2 Å². The highest BCUT2D eigenvalue weighted by Gasteiger charge is 2.22. The second-order valence-electron chi connectivity index (χ2n) is 7.21. The van der Waals surface area contributed by atoms with E-state index in [1.807, 2.05) is 6.07 Å². The molecule has 0 spiro atoms. The lowest BCUT2D eigenvalue weighted by atomic mass is 10.2. The molecule has 0 aliphatic rings. The third-order valence-electron chi connectivity index (χ3n) is 5.14. The van der Waals surface area contributed by atoms with Crippen LogP contribution in [-0.4, -0.2) is 30.2 Å². The van der Waals surface area contributed by atoms with Gasteiger partial charge in [-0.05, 0) is 30.3 Å². The van der Waals surface area contributed by atoms with Crippen molar-refractivity contribution in [3.05, 3.63) is 90.3 Å². The fourth-order valence-electron chi connectivity index (χ4n) is 3.36. The van der Waals surface area contributed by atoms with Gasteiger partial charge in [-0.25, -0.2) is 9.78 Å². The summed E-state index contributed by atoms with van der Waals surface area (Å²) in [6, 6.07) is 13.6. The van der Waals surface area contributed by atoms with Crippen molar-refractivity contribution in [2.24, 2.45) is 14.1 Å². The molecule has 0 fully saturated rings. The number of nitrogens with two attached hydrogens (primary N) is 1. The number of ketones is 1. The van der Waals surface area contributed by atoms with Gasteiger partial charge in [-0.2, -0.15) is 0 Å². The molecule has 2 aromatic carbocycles. The van der Waals surface area contributed by atoms with Crippen molar-refractivity contribution in [2.45, 2.75) is 5.16 Å². The molecule has 2 N–H and O–H groups in total. The van der Waals surface area contributed by atoms with Crippen molar-refractivity contribution in [1.82, 2.24) is 18.7 Å². The van der Waals surface area contributed by atoms with E-state index in [4.69, 9.17) is 17.3 Å². The number of carbonyl (C=O) groups is 1. The highest BCUT2D eigenvalue weighted by Crippen LogP contribution is 2.24. The van der Waals surface area contributed by atoms with E-state index >= 15 is 0 Å². The van der Waals surface area contributed by atoms with Crippen molar-refractivity contribution in [3.63, 3.8) is 0 Å². The van der Waals surface area contributed by atoms with Crippen LogP contribution in [-0.2, 0) is 14.1 Å². The number of fused-ring (bicyclic) bond motifs is 1. The molecule has 9 nitrogen and oxygen atoms in total. The summed E-state index contributed by atoms with van der Waals surface area (Å²) in [4.78, 5) is 55.3. The van der Waals surface area contributed by atoms with Gasteiger partial charge in [-0.1, -0.05) is 41.6 Å². The molecule has 0 aliphatic carbocycles. The van der Waals surface area contributed by atoms with Crippen LogP contribution in [0.3, 0.4) is 0 Å². The van der Waals surface area contributed by atoms with E-state index < -0.39 is 17.0 Å². The molecule has 33 heavy (non-hydrogen) atoms. The van der Waals surface area contributed by atoms with Gasteiger partial charge in [0.2, 0.25) is 0 Å². The maximum absolute atomic E-state index is 13.3. The molecular weight excluding hydrogens is 466 g/mol. The molecular formula is C22H18ClN5O4S. The van der Waals surface area contributed by atoms with Crippen molar-refractivity contribution < 1.29 is 4.79 Å². The third kappa shape index (κ3) is 3.98. The summed E-state index contributed by atoms with van der Waals surface area (Å²) in [6.45, 7) is 0. The number of halogens is 1. The van der Waals surface area contributed by atoms with Gasteiger partial charge in [0.25, 0.3) is 11.1 Å². The molecule has 4 rings (SSSR count). The Labute approximate surface area is 196 Å². The van der Waals surface area contributed by atoms with E-state index in [-0.39, 0.29) is 27.8 Å². The lowest BCUT2D eigenvalue weighted by Gasteiger charge is -2.14. The van der Waals surface area contributed by atoms with Gasteiger partial charge in [0.1, 0.15) is 11.4 Å². The number of aromatic nitrogens is 4. The minimum atomic E-state index is -0.778. The molecule has 0 aliphatic heterocycles. The van der Waals surface area contributed by atoms with E-state index in [0.29, 0.717) is 21.6 Å².